The zero-order valence-corrected chi connectivity index (χ0v) is 19.9. The first kappa shape index (κ1) is 22.5. The van der Waals surface area contributed by atoms with Crippen LogP contribution in [0.5, 0.6) is 0 Å². The standard InChI is InChI=1S/C22H21ClN2O3S3/c23-15-5-7-16(8-6-15)29-20-10-9-17(30-20)13-18-21(27)25(22(28)31-18)14-19(26)24-11-3-1-2-4-12-24/h5-10,13H,1-4,11-12,14H2. The third kappa shape index (κ3) is 5.74. The molecule has 0 unspecified atom stereocenters. The minimum absolute atomic E-state index is 0.150. The molecule has 3 heterocycles. The van der Waals surface area contributed by atoms with E-state index >= 15 is 0 Å². The Bertz CT molecular complexity index is 1010. The predicted octanol–water partition coefficient (Wildman–Crippen LogP) is 5.99. The lowest BCUT2D eigenvalue weighted by atomic mass is 10.2. The Balaban J connectivity index is 1.40. The summed E-state index contributed by atoms with van der Waals surface area (Å²) in [6, 6.07) is 11.5. The SMILES string of the molecule is O=C(CN1C(=O)SC(=Cc2ccc(Sc3ccc(Cl)cc3)s2)C1=O)N1CCCCCC1. The number of carbonyl (C=O) groups excluding carboxylic acids is 3. The molecular weight excluding hydrogens is 472 g/mol. The monoisotopic (exact) mass is 492 g/mol. The minimum Gasteiger partial charge on any atom is -0.341 e. The number of benzene rings is 1. The molecule has 3 amide bonds. The summed E-state index contributed by atoms with van der Waals surface area (Å²) in [5.74, 6) is -0.540. The number of thiophene rings is 1. The van der Waals surface area contributed by atoms with E-state index in [1.54, 1.807) is 34.1 Å². The molecule has 31 heavy (non-hydrogen) atoms. The van der Waals surface area contributed by atoms with E-state index in [-0.39, 0.29) is 17.7 Å². The number of thioether (sulfide) groups is 1. The van der Waals surface area contributed by atoms with Crippen LogP contribution in [0.25, 0.3) is 6.08 Å². The molecule has 2 aromatic rings. The Morgan fingerprint density at radius 2 is 1.74 bits per heavy atom. The van der Waals surface area contributed by atoms with E-state index in [1.165, 1.54) is 0 Å². The van der Waals surface area contributed by atoms with Gasteiger partial charge in [0.1, 0.15) is 6.54 Å². The molecule has 2 aliphatic rings. The molecule has 0 aliphatic carbocycles. The second kappa shape index (κ2) is 10.3. The quantitative estimate of drug-likeness (QED) is 0.479. The largest absolute Gasteiger partial charge is 0.341 e. The number of hydrogen-bond acceptors (Lipinski definition) is 6. The average Bonchev–Trinajstić information content (AvgIpc) is 3.15. The van der Waals surface area contributed by atoms with Gasteiger partial charge in [-0.1, -0.05) is 36.2 Å². The van der Waals surface area contributed by atoms with E-state index in [2.05, 4.69) is 0 Å². The Morgan fingerprint density at radius 1 is 1.03 bits per heavy atom. The summed E-state index contributed by atoms with van der Waals surface area (Å²) in [5.41, 5.74) is 0. The lowest BCUT2D eigenvalue weighted by Gasteiger charge is -2.22. The fourth-order valence-corrected chi connectivity index (χ4v) is 6.50. The highest BCUT2D eigenvalue weighted by atomic mass is 35.5. The van der Waals surface area contributed by atoms with Crippen LogP contribution < -0.4 is 0 Å². The van der Waals surface area contributed by atoms with Crippen LogP contribution in [0.2, 0.25) is 5.02 Å². The third-order valence-electron chi connectivity index (χ3n) is 5.03. The molecule has 4 rings (SSSR count). The molecule has 0 atom stereocenters. The smallest absolute Gasteiger partial charge is 0.294 e. The van der Waals surface area contributed by atoms with Crippen molar-refractivity contribution >= 4 is 69.6 Å². The van der Waals surface area contributed by atoms with E-state index in [1.807, 2.05) is 36.4 Å². The number of nitrogens with zero attached hydrogens (tertiary/aromatic N) is 2. The molecular formula is C22H21ClN2O3S3. The van der Waals surface area contributed by atoms with E-state index in [0.717, 1.165) is 56.3 Å². The fourth-order valence-electron chi connectivity index (χ4n) is 3.41. The summed E-state index contributed by atoms with van der Waals surface area (Å²) >= 11 is 9.99. The maximum Gasteiger partial charge on any atom is 0.294 e. The lowest BCUT2D eigenvalue weighted by Crippen LogP contribution is -2.42. The fraction of sp³-hybridized carbons (Fsp3) is 0.318. The van der Waals surface area contributed by atoms with Crippen molar-refractivity contribution in [3.8, 4) is 0 Å². The first-order valence-electron chi connectivity index (χ1n) is 10.1. The number of hydrogen-bond donors (Lipinski definition) is 0. The Morgan fingerprint density at radius 3 is 2.45 bits per heavy atom. The van der Waals surface area contributed by atoms with E-state index in [9.17, 15) is 14.4 Å². The van der Waals surface area contributed by atoms with Crippen molar-refractivity contribution in [1.29, 1.82) is 0 Å². The summed E-state index contributed by atoms with van der Waals surface area (Å²) in [5, 5.41) is 0.313. The molecule has 5 nitrogen and oxygen atoms in total. The van der Waals surface area contributed by atoms with Gasteiger partial charge in [0.25, 0.3) is 11.1 Å². The van der Waals surface area contributed by atoms with Crippen LogP contribution in [0.15, 0.2) is 50.4 Å². The van der Waals surface area contributed by atoms with Gasteiger partial charge >= 0.3 is 0 Å². The van der Waals surface area contributed by atoms with Crippen molar-refractivity contribution in [2.75, 3.05) is 19.6 Å². The highest BCUT2D eigenvalue weighted by Gasteiger charge is 2.37. The molecule has 9 heteroatoms. The van der Waals surface area contributed by atoms with Crippen molar-refractivity contribution in [2.45, 2.75) is 34.8 Å². The lowest BCUT2D eigenvalue weighted by molar-refractivity contribution is -0.135. The molecule has 0 N–H and O–H groups in total. The summed E-state index contributed by atoms with van der Waals surface area (Å²) in [4.78, 5) is 42.9. The van der Waals surface area contributed by atoms with Crippen molar-refractivity contribution in [3.63, 3.8) is 0 Å². The Hall–Kier alpha value is -1.74. The predicted molar refractivity (Wildman–Crippen MR) is 128 cm³/mol. The number of rotatable bonds is 5. The van der Waals surface area contributed by atoms with Gasteiger partial charge in [-0.05, 0) is 67.1 Å². The molecule has 2 aliphatic heterocycles. The molecule has 162 valence electrons. The number of likely N-dealkylation sites (tertiary alicyclic amines) is 1. The van der Waals surface area contributed by atoms with E-state index in [0.29, 0.717) is 23.0 Å². The highest BCUT2D eigenvalue weighted by molar-refractivity contribution is 8.18. The number of amides is 3. The Labute approximate surface area is 198 Å². The van der Waals surface area contributed by atoms with Gasteiger partial charge in [-0.25, -0.2) is 0 Å². The summed E-state index contributed by atoms with van der Waals surface area (Å²) in [6.07, 6.45) is 5.92. The van der Waals surface area contributed by atoms with E-state index in [4.69, 9.17) is 11.6 Å². The molecule has 0 spiro atoms. The number of carbonyl (C=O) groups is 3. The van der Waals surface area contributed by atoms with Crippen molar-refractivity contribution < 1.29 is 14.4 Å². The maximum atomic E-state index is 12.8. The van der Waals surface area contributed by atoms with Crippen LogP contribution in [0.1, 0.15) is 30.6 Å². The van der Waals surface area contributed by atoms with Gasteiger partial charge in [-0.3, -0.25) is 19.3 Å². The van der Waals surface area contributed by atoms with E-state index < -0.39 is 5.91 Å². The molecule has 2 saturated heterocycles. The van der Waals surface area contributed by atoms with Crippen LogP contribution in [-0.2, 0) is 9.59 Å². The first-order chi connectivity index (χ1) is 15.0. The first-order valence-corrected chi connectivity index (χ1v) is 12.9. The second-order valence-corrected chi connectivity index (χ2v) is 11.2. The van der Waals surface area contributed by atoms with Gasteiger partial charge in [0, 0.05) is 27.9 Å². The van der Waals surface area contributed by atoms with Gasteiger partial charge in [0.05, 0.1) is 9.11 Å². The summed E-state index contributed by atoms with van der Waals surface area (Å²) < 4.78 is 1.07. The minimum atomic E-state index is -0.390. The van der Waals surface area contributed by atoms with Gasteiger partial charge in [0.15, 0.2) is 0 Å². The van der Waals surface area contributed by atoms with Crippen LogP contribution >= 0.6 is 46.5 Å². The Kier molecular flexibility index (Phi) is 7.43. The van der Waals surface area contributed by atoms with Crippen LogP contribution in [0, 0.1) is 0 Å². The zero-order valence-electron chi connectivity index (χ0n) is 16.7. The summed E-state index contributed by atoms with van der Waals surface area (Å²) in [7, 11) is 0. The maximum absolute atomic E-state index is 12.8. The summed E-state index contributed by atoms with van der Waals surface area (Å²) in [6.45, 7) is 1.23. The van der Waals surface area contributed by atoms with Crippen LogP contribution in [0.4, 0.5) is 4.79 Å². The number of halogens is 1. The van der Waals surface area contributed by atoms with Gasteiger partial charge in [-0.15, -0.1) is 11.3 Å². The normalized spacial score (nSPS) is 18.7. The zero-order chi connectivity index (χ0) is 21.8. The molecule has 0 bridgehead atoms. The molecule has 0 saturated carbocycles. The molecule has 0 radical (unpaired) electrons. The average molecular weight is 493 g/mol. The van der Waals surface area contributed by atoms with Crippen LogP contribution in [0.3, 0.4) is 0 Å². The molecule has 2 fully saturated rings. The highest BCUT2D eigenvalue weighted by Crippen LogP contribution is 2.37. The van der Waals surface area contributed by atoms with Crippen molar-refractivity contribution in [1.82, 2.24) is 9.80 Å². The van der Waals surface area contributed by atoms with Crippen molar-refractivity contribution in [3.05, 3.63) is 51.2 Å². The van der Waals surface area contributed by atoms with Gasteiger partial charge < -0.3 is 4.90 Å². The topological polar surface area (TPSA) is 57.7 Å². The van der Waals surface area contributed by atoms with Crippen LogP contribution in [-0.4, -0.2) is 46.5 Å². The number of imide groups is 1. The molecule has 1 aromatic heterocycles. The molecule has 1 aromatic carbocycles. The third-order valence-corrected chi connectivity index (χ3v) is 8.36. The van der Waals surface area contributed by atoms with Gasteiger partial charge in [-0.2, -0.15) is 0 Å². The van der Waals surface area contributed by atoms with Gasteiger partial charge in [0.2, 0.25) is 5.91 Å². The second-order valence-electron chi connectivity index (χ2n) is 7.28. The van der Waals surface area contributed by atoms with Crippen molar-refractivity contribution in [2.24, 2.45) is 0 Å².